The molecule has 0 N–H and O–H groups in total. The molecule has 1 fully saturated rings. The van der Waals surface area contributed by atoms with E-state index in [0.717, 1.165) is 52.9 Å². The second-order valence-corrected chi connectivity index (χ2v) is 9.74. The maximum atomic E-state index is 6.34. The number of benzene rings is 1. The molecule has 1 aliphatic heterocycles. The van der Waals surface area contributed by atoms with Crippen molar-refractivity contribution in [3.05, 3.63) is 38.9 Å². The Morgan fingerprint density at radius 1 is 1.21 bits per heavy atom. The Balaban J connectivity index is 1.88. The van der Waals surface area contributed by atoms with Gasteiger partial charge in [0.15, 0.2) is 0 Å². The Labute approximate surface area is 183 Å². The topological polar surface area (TPSA) is 32.3 Å². The molecule has 0 radical (unpaired) electrons. The number of fused-ring (bicyclic) bond motifs is 1. The SMILES string of the molecule is CCc1sc2nc(Cl)nc(N(C)C3CCN(C)CC3)c2c1-c1ccc(Br)cc1. The van der Waals surface area contributed by atoms with Crippen molar-refractivity contribution in [3.8, 4) is 11.1 Å². The van der Waals surface area contributed by atoms with Crippen LogP contribution in [-0.4, -0.2) is 48.1 Å². The summed E-state index contributed by atoms with van der Waals surface area (Å²) in [7, 11) is 4.34. The van der Waals surface area contributed by atoms with Crippen LogP contribution in [0.2, 0.25) is 5.28 Å². The van der Waals surface area contributed by atoms with Gasteiger partial charge in [-0.05, 0) is 68.7 Å². The molecule has 3 heterocycles. The maximum absolute atomic E-state index is 6.34. The van der Waals surface area contributed by atoms with Gasteiger partial charge in [-0.2, -0.15) is 4.98 Å². The Morgan fingerprint density at radius 2 is 1.89 bits per heavy atom. The first-order valence-corrected chi connectivity index (χ1v) is 11.6. The lowest BCUT2D eigenvalue weighted by Crippen LogP contribution is -2.42. The van der Waals surface area contributed by atoms with Gasteiger partial charge >= 0.3 is 0 Å². The molecular formula is C21H24BrClN4S. The highest BCUT2D eigenvalue weighted by Gasteiger charge is 2.26. The average molecular weight is 480 g/mol. The third-order valence-electron chi connectivity index (χ3n) is 5.60. The largest absolute Gasteiger partial charge is 0.356 e. The molecule has 0 atom stereocenters. The number of hydrogen-bond acceptors (Lipinski definition) is 5. The number of halogens is 2. The van der Waals surface area contributed by atoms with Gasteiger partial charge in [-0.1, -0.05) is 35.0 Å². The summed E-state index contributed by atoms with van der Waals surface area (Å²) in [6, 6.07) is 8.98. The number of anilines is 1. The van der Waals surface area contributed by atoms with Crippen molar-refractivity contribution in [1.29, 1.82) is 0 Å². The number of aromatic nitrogens is 2. The van der Waals surface area contributed by atoms with E-state index in [9.17, 15) is 0 Å². The van der Waals surface area contributed by atoms with Crippen molar-refractivity contribution < 1.29 is 0 Å². The van der Waals surface area contributed by atoms with Gasteiger partial charge in [-0.15, -0.1) is 11.3 Å². The van der Waals surface area contributed by atoms with Crippen LogP contribution < -0.4 is 4.90 Å². The number of piperidine rings is 1. The van der Waals surface area contributed by atoms with E-state index in [1.807, 2.05) is 0 Å². The fourth-order valence-electron chi connectivity index (χ4n) is 3.98. The quantitative estimate of drug-likeness (QED) is 0.438. The maximum Gasteiger partial charge on any atom is 0.225 e. The molecule has 1 aromatic carbocycles. The van der Waals surface area contributed by atoms with E-state index in [0.29, 0.717) is 11.3 Å². The molecule has 148 valence electrons. The second kappa shape index (κ2) is 8.27. The number of aryl methyl sites for hydroxylation is 1. The van der Waals surface area contributed by atoms with Crippen molar-refractivity contribution in [2.24, 2.45) is 0 Å². The van der Waals surface area contributed by atoms with E-state index in [4.69, 9.17) is 16.6 Å². The van der Waals surface area contributed by atoms with E-state index < -0.39 is 0 Å². The Kier molecular flexibility index (Phi) is 5.93. The van der Waals surface area contributed by atoms with E-state index >= 15 is 0 Å². The van der Waals surface area contributed by atoms with Crippen molar-refractivity contribution in [3.63, 3.8) is 0 Å². The van der Waals surface area contributed by atoms with Crippen LogP contribution in [-0.2, 0) is 6.42 Å². The van der Waals surface area contributed by atoms with Crippen LogP contribution in [0.4, 0.5) is 5.82 Å². The third-order valence-corrected chi connectivity index (χ3v) is 7.53. The fraction of sp³-hybridized carbons (Fsp3) is 0.429. The van der Waals surface area contributed by atoms with E-state index in [1.165, 1.54) is 16.0 Å². The molecule has 3 aromatic rings. The van der Waals surface area contributed by atoms with Gasteiger partial charge in [-0.25, -0.2) is 4.98 Å². The first-order chi connectivity index (χ1) is 13.5. The number of hydrogen-bond donors (Lipinski definition) is 0. The van der Waals surface area contributed by atoms with Crippen molar-refractivity contribution >= 4 is 54.9 Å². The predicted octanol–water partition coefficient (Wildman–Crippen LogP) is 5.87. The highest BCUT2D eigenvalue weighted by atomic mass is 79.9. The summed E-state index contributed by atoms with van der Waals surface area (Å²) in [5.41, 5.74) is 2.46. The van der Waals surface area contributed by atoms with E-state index in [1.54, 1.807) is 11.3 Å². The zero-order valence-electron chi connectivity index (χ0n) is 16.4. The number of likely N-dealkylation sites (tertiary alicyclic amines) is 1. The molecular weight excluding hydrogens is 456 g/mol. The molecule has 7 heteroatoms. The van der Waals surface area contributed by atoms with Gasteiger partial charge in [-0.3, -0.25) is 0 Å². The van der Waals surface area contributed by atoms with Gasteiger partial charge in [0.2, 0.25) is 5.28 Å². The number of rotatable bonds is 4. The molecule has 0 saturated carbocycles. The normalized spacial score (nSPS) is 16.0. The minimum Gasteiger partial charge on any atom is -0.356 e. The van der Waals surface area contributed by atoms with Crippen molar-refractivity contribution in [1.82, 2.24) is 14.9 Å². The van der Waals surface area contributed by atoms with Crippen LogP contribution in [0.3, 0.4) is 0 Å². The zero-order valence-corrected chi connectivity index (χ0v) is 19.5. The molecule has 1 saturated heterocycles. The zero-order chi connectivity index (χ0) is 19.8. The van der Waals surface area contributed by atoms with Crippen LogP contribution in [0, 0.1) is 0 Å². The smallest absolute Gasteiger partial charge is 0.225 e. The molecule has 0 aliphatic carbocycles. The third kappa shape index (κ3) is 3.80. The lowest BCUT2D eigenvalue weighted by molar-refractivity contribution is 0.252. The van der Waals surface area contributed by atoms with E-state index in [2.05, 4.69) is 76.0 Å². The van der Waals surface area contributed by atoms with Gasteiger partial charge in [0.1, 0.15) is 10.6 Å². The fourth-order valence-corrected chi connectivity index (χ4v) is 5.59. The lowest BCUT2D eigenvalue weighted by atomic mass is 10.0. The van der Waals surface area contributed by atoms with E-state index in [-0.39, 0.29) is 0 Å². The first kappa shape index (κ1) is 20.1. The van der Waals surface area contributed by atoms with Crippen molar-refractivity contribution in [2.75, 3.05) is 32.1 Å². The molecule has 4 rings (SSSR count). The highest BCUT2D eigenvalue weighted by Crippen LogP contribution is 2.43. The van der Waals surface area contributed by atoms with Crippen molar-refractivity contribution in [2.45, 2.75) is 32.2 Å². The summed E-state index contributed by atoms with van der Waals surface area (Å²) in [5, 5.41) is 1.46. The standard InChI is InChI=1S/C21H24BrClN4S/c1-4-16-17(13-5-7-14(22)8-6-13)18-19(24-21(23)25-20(18)28-16)27(3)15-9-11-26(2)12-10-15/h5-8,15H,4,9-12H2,1-3H3. The van der Waals surface area contributed by atoms with Crippen LogP contribution in [0.1, 0.15) is 24.6 Å². The summed E-state index contributed by atoms with van der Waals surface area (Å²) in [4.78, 5) is 16.3. The van der Waals surface area contributed by atoms with Gasteiger partial charge in [0.05, 0.1) is 5.39 Å². The molecule has 0 spiro atoms. The Hall–Kier alpha value is -1.21. The second-order valence-electron chi connectivity index (χ2n) is 7.40. The molecule has 0 unspecified atom stereocenters. The van der Waals surface area contributed by atoms with Gasteiger partial charge < -0.3 is 9.80 Å². The molecule has 0 bridgehead atoms. The molecule has 28 heavy (non-hydrogen) atoms. The highest BCUT2D eigenvalue weighted by molar-refractivity contribution is 9.10. The molecule has 1 aliphatic rings. The average Bonchev–Trinajstić information content (AvgIpc) is 3.06. The summed E-state index contributed by atoms with van der Waals surface area (Å²) in [5.74, 6) is 0.957. The Bertz CT molecular complexity index is 980. The van der Waals surface area contributed by atoms with Gasteiger partial charge in [0, 0.05) is 28.0 Å². The van der Waals surface area contributed by atoms with Crippen LogP contribution in [0.5, 0.6) is 0 Å². The van der Waals surface area contributed by atoms with Crippen LogP contribution >= 0.6 is 38.9 Å². The first-order valence-electron chi connectivity index (χ1n) is 9.64. The number of thiophene rings is 1. The minimum atomic E-state index is 0.327. The van der Waals surface area contributed by atoms with Crippen LogP contribution in [0.25, 0.3) is 21.3 Å². The summed E-state index contributed by atoms with van der Waals surface area (Å²) in [6.45, 7) is 4.42. The lowest BCUT2D eigenvalue weighted by Gasteiger charge is -2.36. The minimum absolute atomic E-state index is 0.327. The number of nitrogens with zero attached hydrogens (tertiary/aromatic N) is 4. The molecule has 4 nitrogen and oxygen atoms in total. The predicted molar refractivity (Wildman–Crippen MR) is 124 cm³/mol. The summed E-state index contributed by atoms with van der Waals surface area (Å²) in [6.07, 6.45) is 3.23. The Morgan fingerprint density at radius 3 is 2.54 bits per heavy atom. The van der Waals surface area contributed by atoms with Gasteiger partial charge in [0.25, 0.3) is 0 Å². The molecule has 0 amide bonds. The monoisotopic (exact) mass is 478 g/mol. The van der Waals surface area contributed by atoms with Crippen LogP contribution in [0.15, 0.2) is 28.7 Å². The molecule has 2 aromatic heterocycles. The summed E-state index contributed by atoms with van der Waals surface area (Å²) < 4.78 is 1.08. The summed E-state index contributed by atoms with van der Waals surface area (Å²) >= 11 is 11.6.